The minimum absolute atomic E-state index is 0.0974. The van der Waals surface area contributed by atoms with Crippen LogP contribution in [0.2, 0.25) is 10.0 Å². The summed E-state index contributed by atoms with van der Waals surface area (Å²) < 4.78 is 45.9. The zero-order valence-corrected chi connectivity index (χ0v) is 12.6. The van der Waals surface area contributed by atoms with Gasteiger partial charge in [0.15, 0.2) is 0 Å². The lowest BCUT2D eigenvalue weighted by atomic mass is 9.92. The Kier molecular flexibility index (Phi) is 5.28. The van der Waals surface area contributed by atoms with Crippen molar-refractivity contribution < 1.29 is 27.5 Å². The number of rotatable bonds is 5. The van der Waals surface area contributed by atoms with E-state index in [1.165, 1.54) is 0 Å². The number of carbonyl (C=O) groups is 2. The number of ketones is 1. The molecule has 0 aromatic heterocycles. The molecule has 21 heavy (non-hydrogen) atoms. The molecule has 1 atom stereocenters. The number of ether oxygens (including phenoxy) is 1. The van der Waals surface area contributed by atoms with Gasteiger partial charge in [-0.25, -0.2) is 4.39 Å². The van der Waals surface area contributed by atoms with E-state index in [9.17, 15) is 22.8 Å². The molecule has 1 aromatic carbocycles. The molecule has 0 fully saturated rings. The standard InChI is InChI=1S/C13H11Cl2F3O3/c1-7(19)21-12(2,6-16)11(20)13(17,18)9-4-3-8(14)5-10(9)15/h3-5H,6H2,1-2H3. The smallest absolute Gasteiger partial charge is 0.336 e. The van der Waals surface area contributed by atoms with E-state index in [0.717, 1.165) is 32.0 Å². The van der Waals surface area contributed by atoms with Gasteiger partial charge in [-0.1, -0.05) is 23.2 Å². The molecule has 116 valence electrons. The number of hydrogen-bond acceptors (Lipinski definition) is 3. The van der Waals surface area contributed by atoms with Crippen LogP contribution in [0.3, 0.4) is 0 Å². The summed E-state index contributed by atoms with van der Waals surface area (Å²) in [5, 5.41) is -0.356. The Hall–Kier alpha value is -1.27. The maximum absolute atomic E-state index is 14.2. The molecule has 3 nitrogen and oxygen atoms in total. The second kappa shape index (κ2) is 6.23. The van der Waals surface area contributed by atoms with Crippen molar-refractivity contribution >= 4 is 35.0 Å². The van der Waals surface area contributed by atoms with Crippen LogP contribution < -0.4 is 0 Å². The molecule has 0 N–H and O–H groups in total. The zero-order valence-electron chi connectivity index (χ0n) is 11.1. The number of carbonyl (C=O) groups excluding carboxylic acids is 2. The lowest BCUT2D eigenvalue weighted by Crippen LogP contribution is -2.49. The van der Waals surface area contributed by atoms with Crippen LogP contribution in [0, 0.1) is 0 Å². The van der Waals surface area contributed by atoms with Crippen LogP contribution in [-0.4, -0.2) is 24.0 Å². The first-order valence-corrected chi connectivity index (χ1v) is 6.44. The third kappa shape index (κ3) is 3.68. The fraction of sp³-hybridized carbons (Fsp3) is 0.385. The van der Waals surface area contributed by atoms with Crippen LogP contribution in [0.4, 0.5) is 13.2 Å². The summed E-state index contributed by atoms with van der Waals surface area (Å²) in [4.78, 5) is 22.8. The first kappa shape index (κ1) is 17.8. The topological polar surface area (TPSA) is 43.4 Å². The monoisotopic (exact) mass is 342 g/mol. The van der Waals surface area contributed by atoms with Gasteiger partial charge in [0.2, 0.25) is 5.60 Å². The minimum Gasteiger partial charge on any atom is -0.448 e. The Morgan fingerprint density at radius 3 is 2.29 bits per heavy atom. The summed E-state index contributed by atoms with van der Waals surface area (Å²) in [5.41, 5.74) is -3.44. The van der Waals surface area contributed by atoms with E-state index in [4.69, 9.17) is 23.2 Å². The lowest BCUT2D eigenvalue weighted by Gasteiger charge is -2.29. The van der Waals surface area contributed by atoms with Gasteiger partial charge in [-0.2, -0.15) is 8.78 Å². The summed E-state index contributed by atoms with van der Waals surface area (Å²) in [5.74, 6) is -7.10. The van der Waals surface area contributed by atoms with E-state index in [-0.39, 0.29) is 5.02 Å². The summed E-state index contributed by atoms with van der Waals surface area (Å²) >= 11 is 11.2. The van der Waals surface area contributed by atoms with Gasteiger partial charge in [0.25, 0.3) is 5.78 Å². The third-order valence-electron chi connectivity index (χ3n) is 2.66. The number of Topliss-reactive ketones (excluding diaryl/α,β-unsaturated/α-hetero) is 1. The molecule has 1 aromatic rings. The Morgan fingerprint density at radius 1 is 1.29 bits per heavy atom. The first-order chi connectivity index (χ1) is 9.54. The third-order valence-corrected chi connectivity index (χ3v) is 3.21. The maximum Gasteiger partial charge on any atom is 0.336 e. The van der Waals surface area contributed by atoms with Gasteiger partial charge in [-0.05, 0) is 25.1 Å². The molecule has 0 spiro atoms. The second-order valence-corrected chi connectivity index (χ2v) is 5.33. The molecule has 8 heteroatoms. The van der Waals surface area contributed by atoms with Crippen molar-refractivity contribution in [2.45, 2.75) is 25.4 Å². The normalized spacial score (nSPS) is 14.4. The highest BCUT2D eigenvalue weighted by molar-refractivity contribution is 6.35. The fourth-order valence-corrected chi connectivity index (χ4v) is 2.18. The minimum atomic E-state index is -4.14. The molecule has 0 saturated heterocycles. The number of halogens is 5. The summed E-state index contributed by atoms with van der Waals surface area (Å²) in [6.07, 6.45) is 0. The van der Waals surface area contributed by atoms with Crippen molar-refractivity contribution in [1.29, 1.82) is 0 Å². The van der Waals surface area contributed by atoms with Crippen LogP contribution in [0.5, 0.6) is 0 Å². The molecular formula is C13H11Cl2F3O3. The highest BCUT2D eigenvalue weighted by Gasteiger charge is 2.54. The zero-order chi connectivity index (χ0) is 16.4. The highest BCUT2D eigenvalue weighted by Crippen LogP contribution is 2.39. The van der Waals surface area contributed by atoms with Gasteiger partial charge in [0.05, 0.1) is 5.02 Å². The van der Waals surface area contributed by atoms with E-state index in [0.29, 0.717) is 0 Å². The Balaban J connectivity index is 3.27. The van der Waals surface area contributed by atoms with E-state index < -0.39 is 40.5 Å². The molecule has 0 saturated carbocycles. The molecule has 0 radical (unpaired) electrons. The van der Waals surface area contributed by atoms with E-state index in [1.807, 2.05) is 0 Å². The average molecular weight is 343 g/mol. The summed E-state index contributed by atoms with van der Waals surface area (Å²) in [6, 6.07) is 3.00. The molecule has 0 heterocycles. The molecule has 0 aliphatic rings. The molecule has 1 rings (SSSR count). The second-order valence-electron chi connectivity index (χ2n) is 4.49. The lowest BCUT2D eigenvalue weighted by molar-refractivity contribution is -0.179. The number of hydrogen-bond donors (Lipinski definition) is 0. The van der Waals surface area contributed by atoms with Gasteiger partial charge < -0.3 is 4.74 Å². The Labute approximate surface area is 129 Å². The SMILES string of the molecule is CC(=O)OC(C)(CF)C(=O)C(F)(F)c1ccc(Cl)cc1Cl. The van der Waals surface area contributed by atoms with Crippen molar-refractivity contribution in [1.82, 2.24) is 0 Å². The number of benzene rings is 1. The predicted molar refractivity (Wildman–Crippen MR) is 71.5 cm³/mol. The van der Waals surface area contributed by atoms with Crippen molar-refractivity contribution in [2.75, 3.05) is 6.67 Å². The average Bonchev–Trinajstić information content (AvgIpc) is 2.36. The van der Waals surface area contributed by atoms with Gasteiger partial charge in [0, 0.05) is 17.5 Å². The molecule has 0 aliphatic carbocycles. The maximum atomic E-state index is 14.2. The first-order valence-electron chi connectivity index (χ1n) is 5.68. The summed E-state index contributed by atoms with van der Waals surface area (Å²) in [6.45, 7) is 0.0648. The van der Waals surface area contributed by atoms with Gasteiger partial charge in [0.1, 0.15) is 6.67 Å². The van der Waals surface area contributed by atoms with Gasteiger partial charge in [-0.3, -0.25) is 9.59 Å². The quantitative estimate of drug-likeness (QED) is 0.761. The molecule has 0 aliphatic heterocycles. The van der Waals surface area contributed by atoms with Crippen molar-refractivity contribution in [2.24, 2.45) is 0 Å². The Morgan fingerprint density at radius 2 is 1.86 bits per heavy atom. The molecular weight excluding hydrogens is 332 g/mol. The van der Waals surface area contributed by atoms with Crippen molar-refractivity contribution in [3.8, 4) is 0 Å². The van der Waals surface area contributed by atoms with Crippen LogP contribution in [0.25, 0.3) is 0 Å². The molecule has 1 unspecified atom stereocenters. The van der Waals surface area contributed by atoms with E-state index >= 15 is 0 Å². The van der Waals surface area contributed by atoms with Crippen LogP contribution in [0.1, 0.15) is 19.4 Å². The predicted octanol–water partition coefficient (Wildman–Crippen LogP) is 3.95. The van der Waals surface area contributed by atoms with Gasteiger partial charge in [-0.15, -0.1) is 0 Å². The van der Waals surface area contributed by atoms with Crippen molar-refractivity contribution in [3.05, 3.63) is 33.8 Å². The highest BCUT2D eigenvalue weighted by atomic mass is 35.5. The molecule has 0 bridgehead atoms. The van der Waals surface area contributed by atoms with Crippen LogP contribution in [-0.2, 0) is 20.2 Å². The van der Waals surface area contributed by atoms with Crippen molar-refractivity contribution in [3.63, 3.8) is 0 Å². The molecule has 0 amide bonds. The van der Waals surface area contributed by atoms with Crippen LogP contribution >= 0.6 is 23.2 Å². The Bertz CT molecular complexity index is 578. The summed E-state index contributed by atoms with van der Waals surface area (Å²) in [7, 11) is 0. The number of esters is 1. The van der Waals surface area contributed by atoms with E-state index in [2.05, 4.69) is 4.74 Å². The van der Waals surface area contributed by atoms with Gasteiger partial charge >= 0.3 is 11.9 Å². The number of alkyl halides is 3. The van der Waals surface area contributed by atoms with E-state index in [1.54, 1.807) is 0 Å². The largest absolute Gasteiger partial charge is 0.448 e. The van der Waals surface area contributed by atoms with Crippen LogP contribution in [0.15, 0.2) is 18.2 Å². The fourth-order valence-electron chi connectivity index (χ4n) is 1.65.